The fraction of sp³-hybridized carbons (Fsp3) is 0.222. The molecule has 0 spiro atoms. The first kappa shape index (κ1) is 7.79. The van der Waals surface area contributed by atoms with E-state index < -0.39 is 0 Å². The number of amidine groups is 1. The van der Waals surface area contributed by atoms with E-state index in [1.54, 1.807) is 7.05 Å². The summed E-state index contributed by atoms with van der Waals surface area (Å²) < 4.78 is 0. The van der Waals surface area contributed by atoms with Gasteiger partial charge in [0.2, 0.25) is 0 Å². The molecule has 0 fully saturated rings. The van der Waals surface area contributed by atoms with E-state index in [0.717, 1.165) is 11.4 Å². The van der Waals surface area contributed by atoms with Gasteiger partial charge in [-0.05, 0) is 6.07 Å². The van der Waals surface area contributed by atoms with Gasteiger partial charge in [0.05, 0.1) is 0 Å². The zero-order chi connectivity index (χ0) is 8.10. The molecule has 0 saturated carbocycles. The Balaban J connectivity index is 2.92. The Morgan fingerprint density at radius 1 is 1.45 bits per heavy atom. The lowest BCUT2D eigenvalue weighted by Gasteiger charge is -2.02. The van der Waals surface area contributed by atoms with E-state index >= 15 is 0 Å². The van der Waals surface area contributed by atoms with Crippen molar-refractivity contribution >= 4 is 5.84 Å². The van der Waals surface area contributed by atoms with Crippen LogP contribution in [0.15, 0.2) is 29.3 Å². The Hall–Kier alpha value is -1.31. The van der Waals surface area contributed by atoms with Gasteiger partial charge in [0.25, 0.3) is 0 Å². The van der Waals surface area contributed by atoms with Gasteiger partial charge in [0, 0.05) is 19.7 Å². The van der Waals surface area contributed by atoms with Crippen LogP contribution in [0.2, 0.25) is 0 Å². The molecule has 0 aliphatic heterocycles. The third-order valence-electron chi connectivity index (χ3n) is 1.45. The molecule has 1 aromatic rings. The Labute approximate surface area is 67.0 Å². The van der Waals surface area contributed by atoms with E-state index in [4.69, 9.17) is 0 Å². The van der Waals surface area contributed by atoms with Gasteiger partial charge in [-0.25, -0.2) is 0 Å². The molecule has 11 heavy (non-hydrogen) atoms. The van der Waals surface area contributed by atoms with Crippen LogP contribution in [0.25, 0.3) is 0 Å². The molecule has 0 atom stereocenters. The van der Waals surface area contributed by atoms with Crippen LogP contribution >= 0.6 is 0 Å². The molecule has 0 aromatic heterocycles. The zero-order valence-electron chi connectivity index (χ0n) is 6.76. The first-order valence-corrected chi connectivity index (χ1v) is 3.49. The second-order valence-electron chi connectivity index (χ2n) is 2.11. The van der Waals surface area contributed by atoms with Gasteiger partial charge < -0.3 is 5.32 Å². The van der Waals surface area contributed by atoms with Gasteiger partial charge >= 0.3 is 0 Å². The summed E-state index contributed by atoms with van der Waals surface area (Å²) in [6.45, 7) is 0. The molecule has 0 bridgehead atoms. The highest BCUT2D eigenvalue weighted by Gasteiger charge is 1.95. The van der Waals surface area contributed by atoms with E-state index in [1.165, 1.54) is 0 Å². The van der Waals surface area contributed by atoms with Gasteiger partial charge in [-0.3, -0.25) is 4.99 Å². The van der Waals surface area contributed by atoms with E-state index in [9.17, 15) is 0 Å². The van der Waals surface area contributed by atoms with Crippen molar-refractivity contribution in [3.63, 3.8) is 0 Å². The van der Waals surface area contributed by atoms with Crippen molar-refractivity contribution in [3.05, 3.63) is 35.9 Å². The van der Waals surface area contributed by atoms with E-state index in [2.05, 4.69) is 16.4 Å². The molecular formula is C9H11N2. The molecule has 2 heteroatoms. The molecule has 2 nitrogen and oxygen atoms in total. The van der Waals surface area contributed by atoms with E-state index in [1.807, 2.05) is 31.3 Å². The molecule has 57 valence electrons. The largest absolute Gasteiger partial charge is 0.373 e. The van der Waals surface area contributed by atoms with Crippen molar-refractivity contribution in [2.75, 3.05) is 14.1 Å². The zero-order valence-corrected chi connectivity index (χ0v) is 6.76. The summed E-state index contributed by atoms with van der Waals surface area (Å²) in [6.07, 6.45) is 0. The number of hydrogen-bond acceptors (Lipinski definition) is 1. The molecule has 0 aliphatic rings. The van der Waals surface area contributed by atoms with E-state index in [-0.39, 0.29) is 0 Å². The first-order chi connectivity index (χ1) is 5.38. The highest BCUT2D eigenvalue weighted by Crippen LogP contribution is 1.97. The lowest BCUT2D eigenvalue weighted by atomic mass is 10.2. The number of rotatable bonds is 1. The van der Waals surface area contributed by atoms with Crippen LogP contribution < -0.4 is 5.32 Å². The van der Waals surface area contributed by atoms with Crippen molar-refractivity contribution in [3.8, 4) is 0 Å². The van der Waals surface area contributed by atoms with Crippen LogP contribution in [0, 0.1) is 6.07 Å². The van der Waals surface area contributed by atoms with Crippen molar-refractivity contribution in [1.29, 1.82) is 0 Å². The number of nitrogens with one attached hydrogen (secondary N) is 1. The summed E-state index contributed by atoms with van der Waals surface area (Å²) in [5.41, 5.74) is 1.09. The van der Waals surface area contributed by atoms with Crippen LogP contribution in [-0.4, -0.2) is 19.9 Å². The maximum absolute atomic E-state index is 4.07. The highest BCUT2D eigenvalue weighted by atomic mass is 14.9. The SMILES string of the molecule is C/N=C(\NC)c1cc[c]cc1. The standard InChI is InChI=1S/C9H11N2/c1-10-9(11-2)8-6-4-3-5-7-8/h4-7H,1-2H3,(H,10,11). The quantitative estimate of drug-likeness (QED) is 0.466. The number of benzene rings is 1. The highest BCUT2D eigenvalue weighted by molar-refractivity contribution is 5.98. The molecule has 0 aliphatic carbocycles. The fourth-order valence-electron chi connectivity index (χ4n) is 0.930. The minimum atomic E-state index is 0.902. The molecular weight excluding hydrogens is 136 g/mol. The summed E-state index contributed by atoms with van der Waals surface area (Å²) >= 11 is 0. The predicted octanol–water partition coefficient (Wildman–Crippen LogP) is 1.08. The number of aliphatic imine (C=N–C) groups is 1. The van der Waals surface area contributed by atoms with Crippen LogP contribution in [0.1, 0.15) is 5.56 Å². The van der Waals surface area contributed by atoms with Crippen molar-refractivity contribution in [1.82, 2.24) is 5.32 Å². The van der Waals surface area contributed by atoms with Gasteiger partial charge in [-0.15, -0.1) is 0 Å². The molecule has 1 N–H and O–H groups in total. The Bertz CT molecular complexity index is 239. The average Bonchev–Trinajstić information content (AvgIpc) is 2.09. The third-order valence-corrected chi connectivity index (χ3v) is 1.45. The summed E-state index contributed by atoms with van der Waals surface area (Å²) in [6, 6.07) is 10.6. The minimum Gasteiger partial charge on any atom is -0.373 e. The Morgan fingerprint density at radius 3 is 2.55 bits per heavy atom. The second kappa shape index (κ2) is 3.76. The van der Waals surface area contributed by atoms with Gasteiger partial charge in [-0.1, -0.05) is 24.3 Å². The topological polar surface area (TPSA) is 24.4 Å². The third kappa shape index (κ3) is 1.80. The van der Waals surface area contributed by atoms with Gasteiger partial charge in [-0.2, -0.15) is 0 Å². The average molecular weight is 147 g/mol. The molecule has 0 unspecified atom stereocenters. The van der Waals surface area contributed by atoms with Crippen molar-refractivity contribution in [2.24, 2.45) is 4.99 Å². The summed E-state index contributed by atoms with van der Waals surface area (Å²) in [7, 11) is 3.63. The lowest BCUT2D eigenvalue weighted by molar-refractivity contribution is 1.15. The molecule has 1 rings (SSSR count). The van der Waals surface area contributed by atoms with Crippen LogP contribution in [-0.2, 0) is 0 Å². The molecule has 0 amide bonds. The second-order valence-corrected chi connectivity index (χ2v) is 2.11. The summed E-state index contributed by atoms with van der Waals surface area (Å²) in [5, 5.41) is 3.00. The smallest absolute Gasteiger partial charge is 0.127 e. The summed E-state index contributed by atoms with van der Waals surface area (Å²) in [4.78, 5) is 4.07. The maximum Gasteiger partial charge on any atom is 0.127 e. The van der Waals surface area contributed by atoms with Gasteiger partial charge in [0.1, 0.15) is 5.84 Å². The number of hydrogen-bond donors (Lipinski definition) is 1. The predicted molar refractivity (Wildman–Crippen MR) is 46.8 cm³/mol. The number of nitrogens with zero attached hydrogens (tertiary/aromatic N) is 1. The minimum absolute atomic E-state index is 0.902. The fourth-order valence-corrected chi connectivity index (χ4v) is 0.930. The van der Waals surface area contributed by atoms with Crippen LogP contribution in [0.3, 0.4) is 0 Å². The molecule has 0 saturated heterocycles. The van der Waals surface area contributed by atoms with Crippen molar-refractivity contribution in [2.45, 2.75) is 0 Å². The monoisotopic (exact) mass is 147 g/mol. The van der Waals surface area contributed by atoms with Crippen LogP contribution in [0.4, 0.5) is 0 Å². The maximum atomic E-state index is 4.07. The first-order valence-electron chi connectivity index (χ1n) is 3.49. The molecule has 0 heterocycles. The normalized spacial score (nSPS) is 11.3. The van der Waals surface area contributed by atoms with E-state index in [0.29, 0.717) is 0 Å². The Morgan fingerprint density at radius 2 is 2.09 bits per heavy atom. The summed E-state index contributed by atoms with van der Waals surface area (Å²) in [5.74, 6) is 0.902. The van der Waals surface area contributed by atoms with Crippen LogP contribution in [0.5, 0.6) is 0 Å². The van der Waals surface area contributed by atoms with Crippen molar-refractivity contribution < 1.29 is 0 Å². The van der Waals surface area contributed by atoms with Gasteiger partial charge in [0.15, 0.2) is 0 Å². The lowest BCUT2D eigenvalue weighted by Crippen LogP contribution is -2.18. The molecule has 1 radical (unpaired) electrons. The molecule has 1 aromatic carbocycles. The Kier molecular flexibility index (Phi) is 2.66.